The number of rotatable bonds is 6. The summed E-state index contributed by atoms with van der Waals surface area (Å²) < 4.78 is 33.5. The predicted molar refractivity (Wildman–Crippen MR) is 109 cm³/mol. The van der Waals surface area contributed by atoms with Crippen molar-refractivity contribution in [3.63, 3.8) is 0 Å². The van der Waals surface area contributed by atoms with Crippen LogP contribution in [0.25, 0.3) is 0 Å². The fourth-order valence-electron chi connectivity index (χ4n) is 3.14. The molecule has 28 heavy (non-hydrogen) atoms. The predicted octanol–water partition coefficient (Wildman–Crippen LogP) is 3.60. The van der Waals surface area contributed by atoms with Crippen molar-refractivity contribution in [3.8, 4) is 5.75 Å². The molecule has 0 radical (unpaired) electrons. The monoisotopic (exact) mass is 422 g/mol. The van der Waals surface area contributed by atoms with Gasteiger partial charge in [-0.3, -0.25) is 9.10 Å². The van der Waals surface area contributed by atoms with E-state index in [1.165, 1.54) is 28.6 Å². The number of hydrogen-bond donors (Lipinski definition) is 1. The highest BCUT2D eigenvalue weighted by Gasteiger charge is 2.37. The second-order valence-corrected chi connectivity index (χ2v) is 9.06. The number of anilines is 1. The molecule has 2 aromatic carbocycles. The van der Waals surface area contributed by atoms with E-state index >= 15 is 0 Å². The highest BCUT2D eigenvalue weighted by molar-refractivity contribution is 7.92. The summed E-state index contributed by atoms with van der Waals surface area (Å²) >= 11 is 5.89. The molecule has 1 heterocycles. The summed E-state index contributed by atoms with van der Waals surface area (Å²) in [5.74, 6) is 0.0290. The van der Waals surface area contributed by atoms with Crippen LogP contribution in [-0.2, 0) is 14.8 Å². The molecule has 1 aliphatic heterocycles. The zero-order valence-electron chi connectivity index (χ0n) is 15.8. The van der Waals surface area contributed by atoms with E-state index in [0.29, 0.717) is 16.5 Å². The minimum atomic E-state index is -3.88. The van der Waals surface area contributed by atoms with Crippen LogP contribution in [0.3, 0.4) is 0 Å². The van der Waals surface area contributed by atoms with Gasteiger partial charge < -0.3 is 10.1 Å². The number of amides is 1. The Hall–Kier alpha value is -2.25. The Morgan fingerprint density at radius 2 is 1.93 bits per heavy atom. The maximum atomic E-state index is 13.2. The highest BCUT2D eigenvalue weighted by atomic mass is 35.5. The first-order valence-corrected chi connectivity index (χ1v) is 11.0. The van der Waals surface area contributed by atoms with E-state index in [1.54, 1.807) is 24.3 Å². The van der Waals surface area contributed by atoms with E-state index in [4.69, 9.17) is 16.3 Å². The lowest BCUT2D eigenvalue weighted by Gasteiger charge is -2.35. The lowest BCUT2D eigenvalue weighted by molar-refractivity contribution is -0.128. The van der Waals surface area contributed by atoms with E-state index in [-0.39, 0.29) is 23.4 Å². The third-order valence-corrected chi connectivity index (χ3v) is 6.59. The molecule has 1 aliphatic rings. The van der Waals surface area contributed by atoms with Crippen LogP contribution < -0.4 is 14.4 Å². The molecule has 150 valence electrons. The number of fused-ring (bicyclic) bond motifs is 1. The molecular weight excluding hydrogens is 400 g/mol. The molecule has 3 rings (SSSR count). The molecule has 6 nitrogen and oxygen atoms in total. The summed E-state index contributed by atoms with van der Waals surface area (Å²) in [7, 11) is -3.88. The van der Waals surface area contributed by atoms with Crippen LogP contribution in [0.4, 0.5) is 5.69 Å². The average molecular weight is 423 g/mol. The number of benzene rings is 2. The molecule has 0 saturated carbocycles. The molecule has 0 aliphatic carbocycles. The third kappa shape index (κ3) is 4.25. The van der Waals surface area contributed by atoms with Crippen LogP contribution in [0.15, 0.2) is 53.4 Å². The first-order valence-electron chi connectivity index (χ1n) is 9.17. The van der Waals surface area contributed by atoms with Gasteiger partial charge in [0.1, 0.15) is 5.75 Å². The quantitative estimate of drug-likeness (QED) is 0.771. The van der Waals surface area contributed by atoms with Crippen molar-refractivity contribution in [1.29, 1.82) is 0 Å². The molecule has 0 saturated heterocycles. The van der Waals surface area contributed by atoms with Crippen molar-refractivity contribution in [3.05, 3.63) is 53.6 Å². The lowest BCUT2D eigenvalue weighted by Crippen LogP contribution is -2.52. The summed E-state index contributed by atoms with van der Waals surface area (Å²) in [6.07, 6.45) is 0.839. The number of halogens is 1. The Morgan fingerprint density at radius 1 is 1.25 bits per heavy atom. The summed E-state index contributed by atoms with van der Waals surface area (Å²) in [6.45, 7) is 3.85. The van der Waals surface area contributed by atoms with E-state index in [1.807, 2.05) is 13.8 Å². The molecule has 2 unspecified atom stereocenters. The zero-order valence-corrected chi connectivity index (χ0v) is 17.3. The molecule has 0 fully saturated rings. The van der Waals surface area contributed by atoms with Crippen LogP contribution in [0.2, 0.25) is 5.02 Å². The van der Waals surface area contributed by atoms with Gasteiger partial charge >= 0.3 is 0 Å². The van der Waals surface area contributed by atoms with Gasteiger partial charge in [-0.2, -0.15) is 0 Å². The van der Waals surface area contributed by atoms with Crippen LogP contribution in [0.5, 0.6) is 5.75 Å². The van der Waals surface area contributed by atoms with Crippen molar-refractivity contribution in [2.75, 3.05) is 10.8 Å². The van der Waals surface area contributed by atoms with Crippen LogP contribution in [0, 0.1) is 0 Å². The van der Waals surface area contributed by atoms with Crippen molar-refractivity contribution < 1.29 is 17.9 Å². The Balaban J connectivity index is 1.93. The number of nitrogens with zero attached hydrogens (tertiary/aromatic N) is 1. The third-order valence-electron chi connectivity index (χ3n) is 4.54. The van der Waals surface area contributed by atoms with Gasteiger partial charge in [0, 0.05) is 11.1 Å². The summed E-state index contributed by atoms with van der Waals surface area (Å²) in [5.41, 5.74) is 0.406. The molecule has 1 amide bonds. The van der Waals surface area contributed by atoms with Gasteiger partial charge in [-0.25, -0.2) is 8.42 Å². The standard InChI is InChI=1S/C20H23ClN2O4S/c1-3-6-14(2)22-20(24)19-13-23(17-7-4-5-8-18(17)27-19)28(25,26)16-11-9-15(21)10-12-16/h4-5,7-12,14,19H,3,6,13H2,1-2H3,(H,22,24). The van der Waals surface area contributed by atoms with Crippen molar-refractivity contribution in [2.45, 2.75) is 43.7 Å². The van der Waals surface area contributed by atoms with E-state index in [0.717, 1.165) is 12.8 Å². The average Bonchev–Trinajstić information content (AvgIpc) is 2.67. The smallest absolute Gasteiger partial charge is 0.264 e. The number of hydrogen-bond acceptors (Lipinski definition) is 4. The summed E-state index contributed by atoms with van der Waals surface area (Å²) in [4.78, 5) is 12.8. The maximum Gasteiger partial charge on any atom is 0.264 e. The van der Waals surface area contributed by atoms with E-state index < -0.39 is 16.1 Å². The first kappa shape index (κ1) is 20.5. The van der Waals surface area contributed by atoms with Crippen LogP contribution in [-0.4, -0.2) is 33.0 Å². The highest BCUT2D eigenvalue weighted by Crippen LogP contribution is 2.37. The first-order chi connectivity index (χ1) is 13.3. The normalized spacial score (nSPS) is 17.4. The molecule has 2 aromatic rings. The van der Waals surface area contributed by atoms with Gasteiger partial charge in [0.2, 0.25) is 0 Å². The van der Waals surface area contributed by atoms with Gasteiger partial charge in [-0.1, -0.05) is 37.1 Å². The van der Waals surface area contributed by atoms with E-state index in [2.05, 4.69) is 5.32 Å². The molecule has 1 N–H and O–H groups in total. The molecule has 0 bridgehead atoms. The minimum absolute atomic E-state index is 0.0143. The van der Waals surface area contributed by atoms with Crippen LogP contribution in [0.1, 0.15) is 26.7 Å². The van der Waals surface area contributed by atoms with Gasteiger partial charge in [0.25, 0.3) is 15.9 Å². The topological polar surface area (TPSA) is 75.7 Å². The second-order valence-electron chi connectivity index (χ2n) is 6.76. The molecule has 2 atom stereocenters. The fourth-order valence-corrected chi connectivity index (χ4v) is 4.74. The number of nitrogens with one attached hydrogen (secondary N) is 1. The van der Waals surface area contributed by atoms with Crippen molar-refractivity contribution >= 4 is 33.2 Å². The van der Waals surface area contributed by atoms with Gasteiger partial charge in [0.05, 0.1) is 17.1 Å². The van der Waals surface area contributed by atoms with Gasteiger partial charge in [0.15, 0.2) is 6.10 Å². The van der Waals surface area contributed by atoms with Crippen LogP contribution >= 0.6 is 11.6 Å². The number of sulfonamides is 1. The maximum absolute atomic E-state index is 13.2. The van der Waals surface area contributed by atoms with Gasteiger partial charge in [-0.15, -0.1) is 0 Å². The fraction of sp³-hybridized carbons (Fsp3) is 0.350. The number of carbonyl (C=O) groups is 1. The van der Waals surface area contributed by atoms with Gasteiger partial charge in [-0.05, 0) is 49.7 Å². The summed E-state index contributed by atoms with van der Waals surface area (Å²) in [6, 6.07) is 12.7. The Labute approximate surface area is 170 Å². The molecule has 8 heteroatoms. The largest absolute Gasteiger partial charge is 0.476 e. The Bertz CT molecular complexity index is 947. The Morgan fingerprint density at radius 3 is 2.61 bits per heavy atom. The lowest BCUT2D eigenvalue weighted by atomic mass is 10.1. The van der Waals surface area contributed by atoms with Crippen molar-refractivity contribution in [1.82, 2.24) is 5.32 Å². The SMILES string of the molecule is CCCC(C)NC(=O)C1CN(S(=O)(=O)c2ccc(Cl)cc2)c2ccccc2O1. The van der Waals surface area contributed by atoms with Crippen molar-refractivity contribution in [2.24, 2.45) is 0 Å². The Kier molecular flexibility index (Phi) is 6.15. The number of ether oxygens (including phenoxy) is 1. The summed E-state index contributed by atoms with van der Waals surface area (Å²) in [5, 5.41) is 3.35. The minimum Gasteiger partial charge on any atom is -0.476 e. The zero-order chi connectivity index (χ0) is 20.3. The molecule has 0 spiro atoms. The molecule has 0 aromatic heterocycles. The number of para-hydroxylation sites is 2. The molecular formula is C20H23ClN2O4S. The van der Waals surface area contributed by atoms with E-state index in [9.17, 15) is 13.2 Å². The second kappa shape index (κ2) is 8.41. The number of carbonyl (C=O) groups excluding carboxylic acids is 1.